The normalized spacial score (nSPS) is 19.7. The molecule has 118 valence electrons. The molecule has 21 heavy (non-hydrogen) atoms. The Balaban J connectivity index is 1.91. The molecule has 0 unspecified atom stereocenters. The second-order valence-corrected chi connectivity index (χ2v) is 8.51. The molecule has 3 rings (SSSR count). The largest absolute Gasteiger partial charge is 0.346 e. The van der Waals surface area contributed by atoms with Crippen LogP contribution in [0.15, 0.2) is 17.2 Å². The Morgan fingerprint density at radius 2 is 2.00 bits per heavy atom. The van der Waals surface area contributed by atoms with Crippen molar-refractivity contribution in [1.29, 1.82) is 0 Å². The molecule has 0 amide bonds. The van der Waals surface area contributed by atoms with Crippen LogP contribution in [0.3, 0.4) is 0 Å². The van der Waals surface area contributed by atoms with Crippen LogP contribution in [0.4, 0.5) is 0 Å². The lowest BCUT2D eigenvalue weighted by atomic mass is 10.3. The molecule has 1 aromatic rings. The third kappa shape index (κ3) is 3.03. The van der Waals surface area contributed by atoms with Crippen LogP contribution in [0, 0.1) is 5.92 Å². The summed E-state index contributed by atoms with van der Waals surface area (Å²) in [6.07, 6.45) is 6.33. The second kappa shape index (κ2) is 5.41. The summed E-state index contributed by atoms with van der Waals surface area (Å²) in [5.74, 6) is 0.543. The molecule has 6 heteroatoms. The van der Waals surface area contributed by atoms with Crippen LogP contribution < -0.4 is 5.73 Å². The maximum Gasteiger partial charge on any atom is 0.244 e. The van der Waals surface area contributed by atoms with Crippen molar-refractivity contribution in [3.05, 3.63) is 18.0 Å². The van der Waals surface area contributed by atoms with Gasteiger partial charge in [-0.05, 0) is 51.5 Å². The van der Waals surface area contributed by atoms with Gasteiger partial charge < -0.3 is 10.3 Å². The van der Waals surface area contributed by atoms with Crippen LogP contribution in [0.25, 0.3) is 0 Å². The van der Waals surface area contributed by atoms with Gasteiger partial charge in [-0.3, -0.25) is 0 Å². The monoisotopic (exact) mass is 311 g/mol. The predicted octanol–water partition coefficient (Wildman–Crippen LogP) is 2.09. The van der Waals surface area contributed by atoms with Gasteiger partial charge in [0, 0.05) is 37.1 Å². The number of hydrogen-bond acceptors (Lipinski definition) is 3. The van der Waals surface area contributed by atoms with E-state index in [2.05, 4.69) is 4.57 Å². The van der Waals surface area contributed by atoms with E-state index in [1.54, 1.807) is 16.6 Å². The number of nitrogens with zero attached hydrogens (tertiary/aromatic N) is 2. The fourth-order valence-corrected chi connectivity index (χ4v) is 4.54. The summed E-state index contributed by atoms with van der Waals surface area (Å²) in [5, 5.41) is 0. The standard InChI is InChI=1S/C15H25N3O2S/c1-11(2)18(9-12-3-4-12)21(19,20)15-7-14(8-16)17(10-15)13-5-6-13/h7,10-13H,3-6,8-9,16H2,1-2H3. The number of rotatable bonds is 7. The van der Waals surface area contributed by atoms with Crippen LogP contribution >= 0.6 is 0 Å². The van der Waals surface area contributed by atoms with Crippen molar-refractivity contribution in [3.8, 4) is 0 Å². The fraction of sp³-hybridized carbons (Fsp3) is 0.733. The van der Waals surface area contributed by atoms with Crippen molar-refractivity contribution in [2.45, 2.75) is 63.1 Å². The molecule has 1 aromatic heterocycles. The summed E-state index contributed by atoms with van der Waals surface area (Å²) in [5.41, 5.74) is 6.69. The van der Waals surface area contributed by atoms with E-state index in [9.17, 15) is 8.42 Å². The molecule has 0 saturated heterocycles. The molecule has 2 fully saturated rings. The highest BCUT2D eigenvalue weighted by Crippen LogP contribution is 2.38. The van der Waals surface area contributed by atoms with Gasteiger partial charge in [-0.1, -0.05) is 0 Å². The molecule has 2 N–H and O–H groups in total. The highest BCUT2D eigenvalue weighted by molar-refractivity contribution is 7.89. The summed E-state index contributed by atoms with van der Waals surface area (Å²) < 4.78 is 29.6. The number of sulfonamides is 1. The highest BCUT2D eigenvalue weighted by atomic mass is 32.2. The number of aromatic nitrogens is 1. The first kappa shape index (κ1) is 15.1. The molecule has 0 aliphatic heterocycles. The molecular weight excluding hydrogens is 286 g/mol. The van der Waals surface area contributed by atoms with E-state index in [0.29, 0.717) is 29.9 Å². The molecule has 2 aliphatic rings. The quantitative estimate of drug-likeness (QED) is 0.838. The van der Waals surface area contributed by atoms with Gasteiger partial charge in [0.25, 0.3) is 0 Å². The summed E-state index contributed by atoms with van der Waals surface area (Å²) >= 11 is 0. The van der Waals surface area contributed by atoms with E-state index in [0.717, 1.165) is 31.4 Å². The number of hydrogen-bond donors (Lipinski definition) is 1. The minimum Gasteiger partial charge on any atom is -0.346 e. The third-order valence-corrected chi connectivity index (χ3v) is 6.38. The maximum absolute atomic E-state index is 12.9. The molecule has 2 saturated carbocycles. The van der Waals surface area contributed by atoms with E-state index in [-0.39, 0.29) is 6.04 Å². The Kier molecular flexibility index (Phi) is 3.88. The minimum atomic E-state index is -3.42. The SMILES string of the molecule is CC(C)N(CC1CC1)S(=O)(=O)c1cc(CN)n(C2CC2)c1. The Hall–Kier alpha value is -0.850. The predicted molar refractivity (Wildman–Crippen MR) is 82.3 cm³/mol. The molecule has 0 atom stereocenters. The van der Waals surface area contributed by atoms with Crippen molar-refractivity contribution < 1.29 is 8.42 Å². The second-order valence-electron chi connectivity index (χ2n) is 6.62. The Morgan fingerprint density at radius 1 is 1.33 bits per heavy atom. The lowest BCUT2D eigenvalue weighted by Crippen LogP contribution is -2.38. The summed E-state index contributed by atoms with van der Waals surface area (Å²) in [6, 6.07) is 2.19. The van der Waals surface area contributed by atoms with Crippen LogP contribution in [-0.2, 0) is 16.6 Å². The van der Waals surface area contributed by atoms with Crippen molar-refractivity contribution in [2.75, 3.05) is 6.54 Å². The third-order valence-electron chi connectivity index (χ3n) is 4.37. The number of nitrogens with two attached hydrogens (primary N) is 1. The van der Waals surface area contributed by atoms with Gasteiger partial charge in [-0.2, -0.15) is 4.31 Å². The maximum atomic E-state index is 12.9. The fourth-order valence-electron chi connectivity index (χ4n) is 2.77. The van der Waals surface area contributed by atoms with Crippen LogP contribution in [0.1, 0.15) is 51.3 Å². The van der Waals surface area contributed by atoms with Gasteiger partial charge in [-0.15, -0.1) is 0 Å². The molecule has 0 aromatic carbocycles. The van der Waals surface area contributed by atoms with Crippen LogP contribution in [0.2, 0.25) is 0 Å². The van der Waals surface area contributed by atoms with Gasteiger partial charge >= 0.3 is 0 Å². The minimum absolute atomic E-state index is 0.0128. The van der Waals surface area contributed by atoms with Gasteiger partial charge in [-0.25, -0.2) is 8.42 Å². The van der Waals surface area contributed by atoms with Crippen molar-refractivity contribution in [1.82, 2.24) is 8.87 Å². The Bertz CT molecular complexity index is 613. The van der Waals surface area contributed by atoms with Crippen LogP contribution in [0.5, 0.6) is 0 Å². The summed E-state index contributed by atoms with van der Waals surface area (Å²) in [4.78, 5) is 0.407. The molecule has 0 bridgehead atoms. The van der Waals surface area contributed by atoms with E-state index >= 15 is 0 Å². The topological polar surface area (TPSA) is 68.3 Å². The van der Waals surface area contributed by atoms with Gasteiger partial charge in [0.1, 0.15) is 4.90 Å². The Labute approximate surface area is 127 Å². The molecule has 0 radical (unpaired) electrons. The zero-order valence-electron chi connectivity index (χ0n) is 12.8. The first-order valence-electron chi connectivity index (χ1n) is 7.86. The van der Waals surface area contributed by atoms with Crippen LogP contribution in [-0.4, -0.2) is 29.9 Å². The van der Waals surface area contributed by atoms with E-state index in [1.807, 2.05) is 13.8 Å². The molecule has 5 nitrogen and oxygen atoms in total. The first-order valence-corrected chi connectivity index (χ1v) is 9.30. The zero-order valence-corrected chi connectivity index (χ0v) is 13.6. The molecule has 1 heterocycles. The molecule has 2 aliphatic carbocycles. The van der Waals surface area contributed by atoms with Gasteiger partial charge in [0.05, 0.1) is 0 Å². The summed E-state index contributed by atoms with van der Waals surface area (Å²) in [6.45, 7) is 4.92. The van der Waals surface area contributed by atoms with Gasteiger partial charge in [0.15, 0.2) is 0 Å². The first-order chi connectivity index (χ1) is 9.93. The molecule has 0 spiro atoms. The average molecular weight is 311 g/mol. The lowest BCUT2D eigenvalue weighted by Gasteiger charge is -2.25. The zero-order chi connectivity index (χ0) is 15.2. The Morgan fingerprint density at radius 3 is 2.48 bits per heavy atom. The van der Waals surface area contributed by atoms with Gasteiger partial charge in [0.2, 0.25) is 10.0 Å². The van der Waals surface area contributed by atoms with Crippen molar-refractivity contribution in [2.24, 2.45) is 11.7 Å². The van der Waals surface area contributed by atoms with E-state index in [4.69, 9.17) is 5.73 Å². The van der Waals surface area contributed by atoms with Crippen molar-refractivity contribution in [3.63, 3.8) is 0 Å². The summed E-state index contributed by atoms with van der Waals surface area (Å²) in [7, 11) is -3.42. The van der Waals surface area contributed by atoms with Crippen molar-refractivity contribution >= 4 is 10.0 Å². The smallest absolute Gasteiger partial charge is 0.244 e. The van der Waals surface area contributed by atoms with E-state index in [1.165, 1.54) is 0 Å². The average Bonchev–Trinajstić information content (AvgIpc) is 3.34. The lowest BCUT2D eigenvalue weighted by molar-refractivity contribution is 0.341. The van der Waals surface area contributed by atoms with E-state index < -0.39 is 10.0 Å². The molecular formula is C15H25N3O2S. The highest BCUT2D eigenvalue weighted by Gasteiger charge is 2.35.